The molecule has 0 saturated heterocycles. The summed E-state index contributed by atoms with van der Waals surface area (Å²) in [6, 6.07) is 0. The van der Waals surface area contributed by atoms with E-state index in [4.69, 9.17) is 0 Å². The molecule has 0 aliphatic carbocycles. The molecule has 0 aromatic rings. The van der Waals surface area contributed by atoms with Crippen molar-refractivity contribution in [3.8, 4) is 0 Å². The van der Waals surface area contributed by atoms with Crippen LogP contribution in [0.1, 0.15) is 0 Å². The number of hydrogen-bond acceptors (Lipinski definition) is 0. The van der Waals surface area contributed by atoms with Gasteiger partial charge in [-0.3, -0.25) is 0 Å². The first kappa shape index (κ1) is 27.7. The summed E-state index contributed by atoms with van der Waals surface area (Å²) in [4.78, 5) is 0. The van der Waals surface area contributed by atoms with E-state index in [1.165, 1.54) is 0 Å². The van der Waals surface area contributed by atoms with Crippen molar-refractivity contribution in [3.63, 3.8) is 0 Å². The van der Waals surface area contributed by atoms with Gasteiger partial charge in [-0.25, -0.2) is 0 Å². The van der Waals surface area contributed by atoms with Gasteiger partial charge in [-0.1, -0.05) is 0 Å². The second-order valence-electron chi connectivity index (χ2n) is 0. The second kappa shape index (κ2) is 16.6. The third-order valence-corrected chi connectivity index (χ3v) is 0. The molecule has 1 radical (unpaired) electrons. The van der Waals surface area contributed by atoms with Gasteiger partial charge in [-0.2, -0.15) is 0 Å². The quantitative estimate of drug-likeness (QED) is 0.205. The van der Waals surface area contributed by atoms with E-state index in [-0.39, 0.29) is 97.8 Å². The molecule has 0 spiro atoms. The van der Waals surface area contributed by atoms with Crippen LogP contribution in [-0.2, 0) is 25.8 Å². The minimum Gasteiger partial charge on any atom is -1.00 e. The fourth-order valence-corrected chi connectivity index (χ4v) is 0. The van der Waals surface area contributed by atoms with Crippen LogP contribution in [0.3, 0.4) is 0 Å². The number of rotatable bonds is 0. The van der Waals surface area contributed by atoms with Crippen LogP contribution in [0.25, 0.3) is 0 Å². The molecule has 0 aromatic carbocycles. The first-order valence-corrected chi connectivity index (χ1v) is 0. The summed E-state index contributed by atoms with van der Waals surface area (Å²) in [5.41, 5.74) is 0. The first-order chi connectivity index (χ1) is 0. The van der Waals surface area contributed by atoms with Gasteiger partial charge < -0.3 is 71.9 Å². The van der Waals surface area contributed by atoms with Gasteiger partial charge in [0.1, 0.15) is 0 Å². The molecule has 0 nitrogen and oxygen atoms in total. The van der Waals surface area contributed by atoms with Crippen LogP contribution in [0.15, 0.2) is 0 Å². The molecule has 0 bridgehead atoms. The summed E-state index contributed by atoms with van der Waals surface area (Å²) in [6.07, 6.45) is 0. The zero-order chi connectivity index (χ0) is 0. The average Bonchev–Trinajstić information content (AvgIpc) is 0. The maximum atomic E-state index is 0. The van der Waals surface area contributed by atoms with Crippen LogP contribution < -0.4 is 71.9 Å². The van der Waals surface area contributed by atoms with Crippen molar-refractivity contribution in [1.29, 1.82) is 0 Å². The Labute approximate surface area is 95.7 Å². The molecule has 4 heteroatoms. The minimum atomic E-state index is 0. The van der Waals surface area contributed by atoms with Crippen LogP contribution in [0.2, 0.25) is 0 Å². The van der Waals surface area contributed by atoms with Crippen molar-refractivity contribution < 1.29 is 97.8 Å². The molecule has 0 fully saturated rings. The fourth-order valence-electron chi connectivity index (χ4n) is 0. The van der Waals surface area contributed by atoms with E-state index >= 15 is 0 Å². The van der Waals surface area contributed by atoms with Gasteiger partial charge in [0.2, 0.25) is 0 Å². The van der Waals surface area contributed by atoms with E-state index < -0.39 is 0 Å². The Kier molecular flexibility index (Phi) is 115. The summed E-state index contributed by atoms with van der Waals surface area (Å²) < 4.78 is 0. The Morgan fingerprint density at radius 1 is 0.500 bits per heavy atom. The zero-order valence-electron chi connectivity index (χ0n) is 1.63. The molecule has 0 aliphatic heterocycles. The van der Waals surface area contributed by atoms with Crippen molar-refractivity contribution in [2.45, 2.75) is 0 Å². The van der Waals surface area contributed by atoms with Gasteiger partial charge in [0.15, 0.2) is 0 Å². The topological polar surface area (TPSA) is 0 Å². The van der Waals surface area contributed by atoms with Crippen LogP contribution in [0.5, 0.6) is 0 Å². The minimum absolute atomic E-state index is 0. The van der Waals surface area contributed by atoms with Gasteiger partial charge in [0, 0.05) is 0 Å². The Hall–Kier alpha value is 3.06. The number of hydrogen-bond donors (Lipinski definition) is 0. The largest absolute Gasteiger partial charge is 3.00 e. The maximum Gasteiger partial charge on any atom is 3.00 e. The van der Waals surface area contributed by atoms with E-state index in [9.17, 15) is 0 Å². The first-order valence-electron chi connectivity index (χ1n) is 0. The smallest absolute Gasteiger partial charge is 1.00 e. The average molecular weight is 559 g/mol. The normalized spacial score (nSPS) is 0. The van der Waals surface area contributed by atoms with E-state index in [1.807, 2.05) is 0 Å². The van der Waals surface area contributed by atoms with Gasteiger partial charge >= 0.3 is 25.8 Å². The van der Waals surface area contributed by atoms with Crippen LogP contribution in [0, 0.1) is 0 Å². The van der Waals surface area contributed by atoms with Gasteiger partial charge in [0.05, 0.1) is 0 Å². The molecule has 25 valence electrons. The summed E-state index contributed by atoms with van der Waals surface area (Å²) >= 11 is 0. The molecule has 0 N–H and O–H groups in total. The van der Waals surface area contributed by atoms with Crippen molar-refractivity contribution >= 4 is 0 Å². The molecule has 0 atom stereocenters. The maximum absolute atomic E-state index is 0. The molecule has 0 amide bonds. The molecule has 4 heavy (non-hydrogen) atoms. The molecule has 0 heterocycles. The van der Waals surface area contributed by atoms with Gasteiger partial charge in [-0.05, 0) is 0 Å². The zero-order valence-corrected chi connectivity index (χ0v) is 11.7. The second-order valence-corrected chi connectivity index (χ2v) is 0. The predicted octanol–water partition coefficient (Wildman–Crippen LogP) is -8.99. The number of halogens is 3. The summed E-state index contributed by atoms with van der Waals surface area (Å²) in [5, 5.41) is 0. The Bertz CT molecular complexity index is 3.25. The molecule has 0 aliphatic rings. The van der Waals surface area contributed by atoms with Crippen LogP contribution in [0.4, 0.5) is 0 Å². The Morgan fingerprint density at radius 3 is 0.500 bits per heavy atom. The molecule has 0 rings (SSSR count). The van der Waals surface area contributed by atoms with Crippen LogP contribution in [-0.4, -0.2) is 0 Å². The summed E-state index contributed by atoms with van der Waals surface area (Å²) in [6.45, 7) is 0. The van der Waals surface area contributed by atoms with E-state index in [1.54, 1.807) is 0 Å². The van der Waals surface area contributed by atoms with Gasteiger partial charge in [-0.15, -0.1) is 0 Å². The monoisotopic (exact) mass is 561 g/mol. The fraction of sp³-hybridized carbons (Fsp3) is 0. The van der Waals surface area contributed by atoms with E-state index in [0.29, 0.717) is 0 Å². The Balaban J connectivity index is 0. The molecule has 0 aromatic heterocycles. The van der Waals surface area contributed by atoms with Gasteiger partial charge in [0.25, 0.3) is 0 Å². The molecule has 0 saturated carbocycles. The third-order valence-electron chi connectivity index (χ3n) is 0. The molecular weight excluding hydrogens is 559 g/mol. The van der Waals surface area contributed by atoms with Crippen molar-refractivity contribution in [2.75, 3.05) is 0 Å². The predicted molar refractivity (Wildman–Crippen MR) is 0 cm³/mol. The van der Waals surface area contributed by atoms with Crippen molar-refractivity contribution in [1.82, 2.24) is 0 Å². The summed E-state index contributed by atoms with van der Waals surface area (Å²) in [7, 11) is 0. The van der Waals surface area contributed by atoms with Crippen LogP contribution >= 0.6 is 0 Å². The third kappa shape index (κ3) is 8.91. The van der Waals surface area contributed by atoms with Crippen molar-refractivity contribution in [2.24, 2.45) is 0 Å². The van der Waals surface area contributed by atoms with Crippen molar-refractivity contribution in [3.05, 3.63) is 0 Å². The standard InChI is InChI=1S/Hf.3HI/h;3*1H/q+3;;;/p-3. The SMILES string of the molecule is [Hf+3].[I-].[I-].[I-]. The molecular formula is HfI3. The van der Waals surface area contributed by atoms with E-state index in [0.717, 1.165) is 0 Å². The van der Waals surface area contributed by atoms with E-state index in [2.05, 4.69) is 0 Å². The Morgan fingerprint density at radius 2 is 0.500 bits per heavy atom. The summed E-state index contributed by atoms with van der Waals surface area (Å²) in [5.74, 6) is 0. The molecule has 0 unspecified atom stereocenters.